The fourth-order valence-electron chi connectivity index (χ4n) is 3.29. The molecule has 0 fully saturated rings. The van der Waals surface area contributed by atoms with Crippen LogP contribution in [0.5, 0.6) is 17.2 Å². The number of rotatable bonds is 6. The molecule has 0 saturated carbocycles. The summed E-state index contributed by atoms with van der Waals surface area (Å²) in [5.41, 5.74) is 11.2. The number of carbonyl (C=O) groups excluding carboxylic acids is 2. The molecule has 5 aromatic rings. The van der Waals surface area contributed by atoms with Gasteiger partial charge < -0.3 is 19.6 Å². The molecule has 0 unspecified atom stereocenters. The number of hydrazine groups is 2. The van der Waals surface area contributed by atoms with Crippen LogP contribution in [-0.2, 0) is 0 Å². The predicted octanol–water partition coefficient (Wildman–Crippen LogP) is 9.60. The first-order valence-corrected chi connectivity index (χ1v) is 14.3. The zero-order chi connectivity index (χ0) is 32.4. The third-order valence-corrected chi connectivity index (χ3v) is 6.48. The van der Waals surface area contributed by atoms with Gasteiger partial charge in [-0.05, 0) is 85.6 Å². The summed E-state index contributed by atoms with van der Waals surface area (Å²) in [4.78, 5) is 22.8. The van der Waals surface area contributed by atoms with E-state index >= 15 is 0 Å². The molecule has 46 heavy (non-hydrogen) atoms. The van der Waals surface area contributed by atoms with Crippen molar-refractivity contribution in [2.75, 3.05) is 10.9 Å². The predicted molar refractivity (Wildman–Crippen MR) is 186 cm³/mol. The fraction of sp³-hybridized carbons (Fsp3) is 0.0857. The zero-order valence-corrected chi connectivity index (χ0v) is 26.0. The van der Waals surface area contributed by atoms with E-state index in [2.05, 4.69) is 16.3 Å². The lowest BCUT2D eigenvalue weighted by Crippen LogP contribution is -2.32. The first-order valence-electron chi connectivity index (χ1n) is 13.5. The number of para-hydroxylation sites is 3. The van der Waals surface area contributed by atoms with E-state index < -0.39 is 12.2 Å². The number of benzene rings is 5. The molecule has 0 saturated heterocycles. The van der Waals surface area contributed by atoms with Crippen LogP contribution in [0.15, 0.2) is 127 Å². The third-order valence-electron chi connectivity index (χ3n) is 5.66. The average molecular weight is 664 g/mol. The maximum Gasteiger partial charge on any atom is 0.519 e. The summed E-state index contributed by atoms with van der Waals surface area (Å²) < 4.78 is 15.0. The second-order valence-corrected chi connectivity index (χ2v) is 9.92. The van der Waals surface area contributed by atoms with Crippen LogP contribution in [0.4, 0.5) is 21.0 Å². The monoisotopic (exact) mass is 662 g/mol. The van der Waals surface area contributed by atoms with Gasteiger partial charge in [0.1, 0.15) is 17.2 Å². The molecule has 0 radical (unpaired) electrons. The van der Waals surface area contributed by atoms with Crippen molar-refractivity contribution in [3.63, 3.8) is 0 Å². The molecule has 11 heteroatoms. The fourth-order valence-corrected chi connectivity index (χ4v) is 3.65. The highest BCUT2D eigenvalue weighted by Gasteiger charge is 2.07. The van der Waals surface area contributed by atoms with Crippen molar-refractivity contribution in [1.82, 2.24) is 5.43 Å². The molecule has 9 nitrogen and oxygen atoms in total. The van der Waals surface area contributed by atoms with E-state index in [0.717, 1.165) is 21.8 Å². The van der Waals surface area contributed by atoms with Gasteiger partial charge in [0.05, 0.1) is 5.69 Å². The first kappa shape index (κ1) is 37.0. The van der Waals surface area contributed by atoms with Crippen molar-refractivity contribution in [3.05, 3.63) is 149 Å². The summed E-state index contributed by atoms with van der Waals surface area (Å²) in [6, 6.07) is 37.3. The van der Waals surface area contributed by atoms with E-state index in [0.29, 0.717) is 28.0 Å². The molecule has 0 heterocycles. The molecule has 5 rings (SSSR count). The summed E-state index contributed by atoms with van der Waals surface area (Å²) in [5, 5.41) is 1.36. The molecule has 0 aliphatic carbocycles. The largest absolute Gasteiger partial charge is 0.519 e. The van der Waals surface area contributed by atoms with Gasteiger partial charge in [-0.3, -0.25) is 11.3 Å². The molecule has 0 spiro atoms. The zero-order valence-electron chi connectivity index (χ0n) is 24.5. The smallest absolute Gasteiger partial charge is 0.409 e. The van der Waals surface area contributed by atoms with E-state index in [9.17, 15) is 9.59 Å². The molecule has 0 aromatic heterocycles. The minimum absolute atomic E-state index is 0. The van der Waals surface area contributed by atoms with Crippen LogP contribution < -0.4 is 36.3 Å². The molecule has 1 amide bonds. The maximum atomic E-state index is 11.5. The number of hydrogen-bond donors (Lipinski definition) is 4. The highest BCUT2D eigenvalue weighted by Crippen LogP contribution is 2.20. The topological polar surface area (TPSA) is 124 Å². The van der Waals surface area contributed by atoms with Crippen LogP contribution in [0.3, 0.4) is 0 Å². The number of aryl methyl sites for hydroxylation is 2. The maximum absolute atomic E-state index is 11.5. The Morgan fingerprint density at radius 1 is 0.587 bits per heavy atom. The molecule has 0 aliphatic rings. The molecule has 5 N–H and O–H groups in total. The Balaban J connectivity index is 0.000000248. The summed E-state index contributed by atoms with van der Waals surface area (Å²) in [7, 11) is 0. The molecule has 5 aromatic carbocycles. The van der Waals surface area contributed by atoms with Crippen molar-refractivity contribution in [3.8, 4) is 17.2 Å². The summed E-state index contributed by atoms with van der Waals surface area (Å²) >= 11 is 11.8. The Morgan fingerprint density at radius 3 is 1.39 bits per heavy atom. The van der Waals surface area contributed by atoms with Crippen molar-refractivity contribution in [1.29, 1.82) is 0 Å². The highest BCUT2D eigenvalue weighted by molar-refractivity contribution is 6.31. The molecule has 0 aliphatic heterocycles. The second kappa shape index (κ2) is 19.9. The molecule has 240 valence electrons. The normalized spacial score (nSPS) is 9.41. The number of nitrogen functional groups attached to an aromatic ring is 1. The van der Waals surface area contributed by atoms with Gasteiger partial charge in [0.2, 0.25) is 0 Å². The Hall–Kier alpha value is -5.22. The lowest BCUT2D eigenvalue weighted by atomic mass is 10.2. The van der Waals surface area contributed by atoms with E-state index in [1.54, 1.807) is 84.9 Å². The van der Waals surface area contributed by atoms with E-state index in [-0.39, 0.29) is 7.43 Å². The van der Waals surface area contributed by atoms with Gasteiger partial charge in [-0.1, -0.05) is 97.4 Å². The first-order chi connectivity index (χ1) is 21.7. The van der Waals surface area contributed by atoms with Gasteiger partial charge in [-0.15, -0.1) is 0 Å². The molecule has 0 bridgehead atoms. The van der Waals surface area contributed by atoms with Crippen molar-refractivity contribution < 1.29 is 23.8 Å². The van der Waals surface area contributed by atoms with Crippen molar-refractivity contribution in [2.45, 2.75) is 21.3 Å². The minimum Gasteiger partial charge on any atom is -0.409 e. The Kier molecular flexibility index (Phi) is 16.0. The number of amides is 1. The Labute approximate surface area is 279 Å². The number of anilines is 2. The van der Waals surface area contributed by atoms with Gasteiger partial charge in [-0.25, -0.2) is 15.0 Å². The minimum atomic E-state index is -0.739. The molecule has 0 atom stereocenters. The van der Waals surface area contributed by atoms with Crippen LogP contribution in [0.25, 0.3) is 0 Å². The van der Waals surface area contributed by atoms with Crippen LogP contribution >= 0.6 is 23.2 Å². The van der Waals surface area contributed by atoms with Crippen molar-refractivity contribution >= 4 is 46.8 Å². The molecular weight excluding hydrogens is 627 g/mol. The summed E-state index contributed by atoms with van der Waals surface area (Å²) in [6.45, 7) is 3.85. The van der Waals surface area contributed by atoms with Gasteiger partial charge in [0, 0.05) is 15.7 Å². The highest BCUT2D eigenvalue weighted by atomic mass is 35.5. The number of nitrogens with two attached hydrogens (primary N) is 1. The van der Waals surface area contributed by atoms with Gasteiger partial charge >= 0.3 is 12.2 Å². The number of nitrogens with one attached hydrogen (secondary N) is 3. The lowest BCUT2D eigenvalue weighted by molar-refractivity contribution is 0.152. The summed E-state index contributed by atoms with van der Waals surface area (Å²) in [5.74, 6) is 6.56. The van der Waals surface area contributed by atoms with Gasteiger partial charge in [-0.2, -0.15) is 0 Å². The van der Waals surface area contributed by atoms with E-state index in [1.807, 2.05) is 56.3 Å². The molecular formula is C35H36Cl2N4O5. The van der Waals surface area contributed by atoms with Crippen LogP contribution in [0, 0.1) is 13.8 Å². The second-order valence-electron chi connectivity index (χ2n) is 9.11. The van der Waals surface area contributed by atoms with Crippen molar-refractivity contribution in [2.24, 2.45) is 5.84 Å². The van der Waals surface area contributed by atoms with E-state index in [4.69, 9.17) is 43.3 Å². The van der Waals surface area contributed by atoms with Crippen LogP contribution in [0.1, 0.15) is 18.6 Å². The number of hydrogen-bond acceptors (Lipinski definition) is 8. The average Bonchev–Trinajstić information content (AvgIpc) is 3.05. The quantitative estimate of drug-likeness (QED) is 0.0613. The Morgan fingerprint density at radius 2 is 0.978 bits per heavy atom. The van der Waals surface area contributed by atoms with Gasteiger partial charge in [0.25, 0.3) is 0 Å². The van der Waals surface area contributed by atoms with Crippen LogP contribution in [-0.4, -0.2) is 12.2 Å². The van der Waals surface area contributed by atoms with E-state index in [1.165, 1.54) is 0 Å². The standard InChI is InChI=1S/C14H13ClN2O2.C13H10O3.C7H9ClN2.CH4/c1-10-7-8-11(9-13(10)15)16-17-14(18)19-12-5-3-2-4-6-12;14-13(15-11-7-3-1-4-8-11)16-12-9-5-2-6-10-12;1-5-2-3-6(10-9)4-7(5)8;/h2-9,16H,1H3,(H,17,18);1-10H;2-4,10H,9H2,1H3;1H4. The van der Waals surface area contributed by atoms with Gasteiger partial charge in [0.15, 0.2) is 0 Å². The number of ether oxygens (including phenoxy) is 3. The van der Waals surface area contributed by atoms with Crippen LogP contribution in [0.2, 0.25) is 10.0 Å². The lowest BCUT2D eigenvalue weighted by Gasteiger charge is -2.09. The SMILES string of the molecule is C.Cc1ccc(NN)cc1Cl.Cc1ccc(NNC(=O)Oc2ccccc2)cc1Cl.O=C(Oc1ccccc1)Oc1ccccc1. The summed E-state index contributed by atoms with van der Waals surface area (Å²) in [6.07, 6.45) is -1.33. The third kappa shape index (κ3) is 13.6. The number of carbonyl (C=O) groups is 2. The number of halogens is 2. The Bertz CT molecular complexity index is 1600.